The van der Waals surface area contributed by atoms with Crippen molar-refractivity contribution in [3.63, 3.8) is 0 Å². The maximum Gasteiger partial charge on any atom is 0.254 e. The summed E-state index contributed by atoms with van der Waals surface area (Å²) in [5.74, 6) is 0.217. The monoisotopic (exact) mass is 303 g/mol. The van der Waals surface area contributed by atoms with Gasteiger partial charge in [0.25, 0.3) is 11.8 Å². The summed E-state index contributed by atoms with van der Waals surface area (Å²) in [5, 5.41) is 2.83. The third-order valence-electron chi connectivity index (χ3n) is 4.16. The number of nitrogens with one attached hydrogen (secondary N) is 1. The van der Waals surface area contributed by atoms with Crippen molar-refractivity contribution in [2.75, 3.05) is 19.6 Å². The van der Waals surface area contributed by atoms with Crippen LogP contribution in [0.25, 0.3) is 0 Å². The summed E-state index contributed by atoms with van der Waals surface area (Å²) >= 11 is 0. The van der Waals surface area contributed by atoms with Crippen LogP contribution < -0.4 is 11.1 Å². The Morgan fingerprint density at radius 1 is 1.36 bits per heavy atom. The fourth-order valence-corrected chi connectivity index (χ4v) is 2.90. The number of nitrogens with two attached hydrogens (primary N) is 1. The molecule has 3 N–H and O–H groups in total. The van der Waals surface area contributed by atoms with Crippen LogP contribution in [-0.4, -0.2) is 42.4 Å². The minimum atomic E-state index is -0.134. The van der Waals surface area contributed by atoms with Crippen molar-refractivity contribution < 1.29 is 9.59 Å². The Kier molecular flexibility index (Phi) is 5.55. The van der Waals surface area contributed by atoms with Gasteiger partial charge in [0.05, 0.1) is 0 Å². The van der Waals surface area contributed by atoms with E-state index in [2.05, 4.69) is 5.32 Å². The van der Waals surface area contributed by atoms with Gasteiger partial charge in [-0.3, -0.25) is 9.59 Å². The Morgan fingerprint density at radius 2 is 2.09 bits per heavy atom. The molecule has 22 heavy (non-hydrogen) atoms. The second kappa shape index (κ2) is 7.40. The minimum Gasteiger partial charge on any atom is -0.352 e. The van der Waals surface area contributed by atoms with Crippen molar-refractivity contribution in [2.45, 2.75) is 32.7 Å². The van der Waals surface area contributed by atoms with Crippen LogP contribution in [0.1, 0.15) is 47.4 Å². The second-order valence-electron chi connectivity index (χ2n) is 5.98. The first kappa shape index (κ1) is 16.5. The van der Waals surface area contributed by atoms with Gasteiger partial charge in [0.2, 0.25) is 0 Å². The van der Waals surface area contributed by atoms with Crippen molar-refractivity contribution in [3.05, 3.63) is 35.4 Å². The van der Waals surface area contributed by atoms with E-state index in [1.165, 1.54) is 0 Å². The van der Waals surface area contributed by atoms with Crippen LogP contribution in [0.2, 0.25) is 0 Å². The number of hydrogen-bond donors (Lipinski definition) is 2. The molecule has 0 aliphatic carbocycles. The fourth-order valence-electron chi connectivity index (χ4n) is 2.90. The zero-order chi connectivity index (χ0) is 16.1. The van der Waals surface area contributed by atoms with Gasteiger partial charge in [-0.1, -0.05) is 13.0 Å². The highest BCUT2D eigenvalue weighted by Crippen LogP contribution is 2.24. The molecule has 1 aromatic rings. The number of likely N-dealkylation sites (tertiary alicyclic amines) is 1. The molecule has 1 aliphatic rings. The maximum atomic E-state index is 12.7. The van der Waals surface area contributed by atoms with Crippen LogP contribution >= 0.6 is 0 Å². The molecule has 1 aromatic carbocycles. The van der Waals surface area contributed by atoms with Crippen LogP contribution in [0.5, 0.6) is 0 Å². The van der Waals surface area contributed by atoms with E-state index in [9.17, 15) is 9.59 Å². The van der Waals surface area contributed by atoms with Gasteiger partial charge in [0.15, 0.2) is 0 Å². The van der Waals surface area contributed by atoms with Crippen molar-refractivity contribution in [1.82, 2.24) is 10.2 Å². The Hall–Kier alpha value is -1.88. The highest BCUT2D eigenvalue weighted by molar-refractivity contribution is 5.99. The minimum absolute atomic E-state index is 0.0198. The quantitative estimate of drug-likeness (QED) is 0.868. The van der Waals surface area contributed by atoms with Gasteiger partial charge in [-0.2, -0.15) is 0 Å². The number of nitrogens with zero attached hydrogens (tertiary/aromatic N) is 1. The maximum absolute atomic E-state index is 12.7. The molecular formula is C17H25N3O2. The second-order valence-corrected chi connectivity index (χ2v) is 5.98. The molecule has 0 radical (unpaired) electrons. The lowest BCUT2D eigenvalue weighted by molar-refractivity contribution is 0.0743. The molecule has 0 saturated carbocycles. The van der Waals surface area contributed by atoms with Gasteiger partial charge >= 0.3 is 0 Å². The summed E-state index contributed by atoms with van der Waals surface area (Å²) < 4.78 is 0. The van der Waals surface area contributed by atoms with Crippen LogP contribution in [0.3, 0.4) is 0 Å². The predicted molar refractivity (Wildman–Crippen MR) is 86.7 cm³/mol. The molecular weight excluding hydrogens is 278 g/mol. The van der Waals surface area contributed by atoms with Crippen molar-refractivity contribution in [1.29, 1.82) is 0 Å². The summed E-state index contributed by atoms with van der Waals surface area (Å²) in [6.07, 6.45) is 1.83. The van der Waals surface area contributed by atoms with Gasteiger partial charge in [0.1, 0.15) is 0 Å². The molecule has 2 rings (SSSR count). The average molecular weight is 303 g/mol. The number of rotatable bonds is 5. The average Bonchev–Trinajstić information content (AvgIpc) is 2.93. The molecule has 1 fully saturated rings. The van der Waals surface area contributed by atoms with E-state index in [1.807, 2.05) is 18.7 Å². The molecule has 2 unspecified atom stereocenters. The molecule has 5 nitrogen and oxygen atoms in total. The largest absolute Gasteiger partial charge is 0.352 e. The Morgan fingerprint density at radius 3 is 2.73 bits per heavy atom. The first-order valence-electron chi connectivity index (χ1n) is 7.96. The summed E-state index contributed by atoms with van der Waals surface area (Å²) in [7, 11) is 0. The molecule has 0 bridgehead atoms. The highest BCUT2D eigenvalue weighted by atomic mass is 16.2. The zero-order valence-corrected chi connectivity index (χ0v) is 13.3. The summed E-state index contributed by atoms with van der Waals surface area (Å²) in [5.41, 5.74) is 6.81. The lowest BCUT2D eigenvalue weighted by Gasteiger charge is -2.21. The topological polar surface area (TPSA) is 75.4 Å². The van der Waals surface area contributed by atoms with E-state index < -0.39 is 0 Å². The van der Waals surface area contributed by atoms with E-state index in [0.717, 1.165) is 12.8 Å². The van der Waals surface area contributed by atoms with Crippen LogP contribution in [0, 0.1) is 5.92 Å². The van der Waals surface area contributed by atoms with Gasteiger partial charge < -0.3 is 16.0 Å². The predicted octanol–water partition coefficient (Wildman–Crippen LogP) is 1.64. The van der Waals surface area contributed by atoms with Crippen LogP contribution in [0.15, 0.2) is 24.3 Å². The molecule has 5 heteroatoms. The Balaban J connectivity index is 2.12. The number of hydrogen-bond acceptors (Lipinski definition) is 3. The normalized spacial score (nSPS) is 21.0. The van der Waals surface area contributed by atoms with Crippen molar-refractivity contribution >= 4 is 11.8 Å². The number of benzene rings is 1. The molecule has 0 spiro atoms. The van der Waals surface area contributed by atoms with E-state index in [0.29, 0.717) is 36.7 Å². The van der Waals surface area contributed by atoms with Gasteiger partial charge in [-0.25, -0.2) is 0 Å². The lowest BCUT2D eigenvalue weighted by Crippen LogP contribution is -2.34. The van der Waals surface area contributed by atoms with Crippen LogP contribution in [0.4, 0.5) is 0 Å². The molecule has 1 heterocycles. The van der Waals surface area contributed by atoms with Crippen molar-refractivity contribution in [2.24, 2.45) is 11.7 Å². The molecule has 1 saturated heterocycles. The standard InChI is InChI=1S/C17H25N3O2/c1-3-7-19-16(21)14-5-4-6-15(9-14)17(22)20-11-13(10-18)8-12(20)2/h4-6,9,12-13H,3,7-8,10-11,18H2,1-2H3,(H,19,21). The lowest BCUT2D eigenvalue weighted by atomic mass is 10.1. The van der Waals surface area contributed by atoms with Gasteiger partial charge in [-0.15, -0.1) is 0 Å². The molecule has 2 amide bonds. The zero-order valence-electron chi connectivity index (χ0n) is 13.3. The van der Waals surface area contributed by atoms with E-state index >= 15 is 0 Å². The number of carbonyl (C=O) groups is 2. The SMILES string of the molecule is CCCNC(=O)c1cccc(C(=O)N2CC(CN)CC2C)c1. The first-order valence-corrected chi connectivity index (χ1v) is 7.96. The van der Waals surface area contributed by atoms with Gasteiger partial charge in [-0.05, 0) is 50.4 Å². The van der Waals surface area contributed by atoms with Gasteiger partial charge in [0, 0.05) is 30.3 Å². The van der Waals surface area contributed by atoms with Crippen molar-refractivity contribution in [3.8, 4) is 0 Å². The molecule has 1 aliphatic heterocycles. The van der Waals surface area contributed by atoms with E-state index in [4.69, 9.17) is 5.73 Å². The first-order chi connectivity index (χ1) is 10.6. The van der Waals surface area contributed by atoms with E-state index in [-0.39, 0.29) is 17.9 Å². The Bertz CT molecular complexity index is 544. The molecule has 2 atom stereocenters. The summed E-state index contributed by atoms with van der Waals surface area (Å²) in [6, 6.07) is 7.13. The molecule has 120 valence electrons. The Labute approximate surface area is 131 Å². The number of amides is 2. The molecule has 0 aromatic heterocycles. The highest BCUT2D eigenvalue weighted by Gasteiger charge is 2.32. The number of carbonyl (C=O) groups excluding carboxylic acids is 2. The smallest absolute Gasteiger partial charge is 0.254 e. The summed E-state index contributed by atoms with van der Waals surface area (Å²) in [4.78, 5) is 26.5. The summed E-state index contributed by atoms with van der Waals surface area (Å²) in [6.45, 7) is 5.99. The third kappa shape index (κ3) is 3.65. The fraction of sp³-hybridized carbons (Fsp3) is 0.529. The van der Waals surface area contributed by atoms with E-state index in [1.54, 1.807) is 24.3 Å². The third-order valence-corrected chi connectivity index (χ3v) is 4.16. The van der Waals surface area contributed by atoms with Crippen LogP contribution in [-0.2, 0) is 0 Å².